The summed E-state index contributed by atoms with van der Waals surface area (Å²) in [6.07, 6.45) is 2.32. The zero-order valence-electron chi connectivity index (χ0n) is 12.1. The van der Waals surface area contributed by atoms with Gasteiger partial charge in [-0.2, -0.15) is 9.57 Å². The second-order valence-electron chi connectivity index (χ2n) is 5.29. The standard InChI is InChI=1S/C15H20N2O3S/c1-2-15(18)14-5-3-4-10-17(14)21(19,20)13-8-6-12(11-16)7-9-13/h6-9,14-15,18H,2-5,10H2,1H3. The molecule has 0 amide bonds. The van der Waals surface area contributed by atoms with Gasteiger partial charge in [-0.05, 0) is 43.5 Å². The molecule has 5 nitrogen and oxygen atoms in total. The summed E-state index contributed by atoms with van der Waals surface area (Å²) < 4.78 is 26.9. The van der Waals surface area contributed by atoms with Gasteiger partial charge >= 0.3 is 0 Å². The van der Waals surface area contributed by atoms with Crippen LogP contribution in [0, 0.1) is 11.3 Å². The highest BCUT2D eigenvalue weighted by Crippen LogP contribution is 2.28. The maximum Gasteiger partial charge on any atom is 0.243 e. The highest BCUT2D eigenvalue weighted by Gasteiger charge is 2.36. The molecule has 2 atom stereocenters. The third-order valence-electron chi connectivity index (χ3n) is 3.95. The predicted molar refractivity (Wildman–Crippen MR) is 79.0 cm³/mol. The molecule has 1 N–H and O–H groups in total. The number of nitrogens with zero attached hydrogens (tertiary/aromatic N) is 2. The van der Waals surface area contributed by atoms with E-state index in [-0.39, 0.29) is 10.9 Å². The van der Waals surface area contributed by atoms with E-state index in [4.69, 9.17) is 5.26 Å². The van der Waals surface area contributed by atoms with Gasteiger partial charge in [0.25, 0.3) is 0 Å². The Bertz CT molecular complexity index is 619. The van der Waals surface area contributed by atoms with Crippen molar-refractivity contribution < 1.29 is 13.5 Å². The van der Waals surface area contributed by atoms with Crippen LogP contribution in [0.25, 0.3) is 0 Å². The number of aliphatic hydroxyl groups is 1. The minimum atomic E-state index is -3.63. The summed E-state index contributed by atoms with van der Waals surface area (Å²) in [6.45, 7) is 2.29. The first-order chi connectivity index (χ1) is 10.0. The van der Waals surface area contributed by atoms with Crippen molar-refractivity contribution in [3.8, 4) is 6.07 Å². The Morgan fingerprint density at radius 1 is 1.38 bits per heavy atom. The van der Waals surface area contributed by atoms with Gasteiger partial charge < -0.3 is 5.11 Å². The van der Waals surface area contributed by atoms with E-state index in [0.717, 1.165) is 12.8 Å². The molecule has 0 saturated carbocycles. The van der Waals surface area contributed by atoms with Crippen LogP contribution in [0.2, 0.25) is 0 Å². The van der Waals surface area contributed by atoms with Crippen molar-refractivity contribution in [1.82, 2.24) is 4.31 Å². The molecule has 1 fully saturated rings. The first-order valence-corrected chi connectivity index (χ1v) is 8.64. The van der Waals surface area contributed by atoms with E-state index in [1.807, 2.05) is 13.0 Å². The fourth-order valence-electron chi connectivity index (χ4n) is 2.72. The molecule has 0 aliphatic carbocycles. The summed E-state index contributed by atoms with van der Waals surface area (Å²) in [5.74, 6) is 0. The van der Waals surface area contributed by atoms with Crippen molar-refractivity contribution in [1.29, 1.82) is 5.26 Å². The summed E-state index contributed by atoms with van der Waals surface area (Å²) in [6, 6.07) is 7.53. The van der Waals surface area contributed by atoms with Gasteiger partial charge in [0.2, 0.25) is 10.0 Å². The van der Waals surface area contributed by atoms with Crippen LogP contribution in [-0.4, -0.2) is 36.5 Å². The van der Waals surface area contributed by atoms with Crippen LogP contribution in [0.5, 0.6) is 0 Å². The van der Waals surface area contributed by atoms with Crippen molar-refractivity contribution in [2.75, 3.05) is 6.54 Å². The SMILES string of the molecule is CCC(O)C1CCCCN1S(=O)(=O)c1ccc(C#N)cc1. The zero-order valence-corrected chi connectivity index (χ0v) is 12.9. The van der Waals surface area contributed by atoms with Crippen LogP contribution in [0.3, 0.4) is 0 Å². The van der Waals surface area contributed by atoms with Gasteiger partial charge in [-0.3, -0.25) is 0 Å². The van der Waals surface area contributed by atoms with E-state index in [0.29, 0.717) is 24.9 Å². The molecule has 1 aliphatic rings. The van der Waals surface area contributed by atoms with Gasteiger partial charge in [-0.25, -0.2) is 8.42 Å². The van der Waals surface area contributed by atoms with Crippen LogP contribution in [0.1, 0.15) is 38.2 Å². The lowest BCUT2D eigenvalue weighted by atomic mass is 9.98. The third-order valence-corrected chi connectivity index (χ3v) is 5.89. The van der Waals surface area contributed by atoms with Crippen LogP contribution < -0.4 is 0 Å². The molecule has 2 rings (SSSR count). The molecule has 6 heteroatoms. The van der Waals surface area contributed by atoms with Gasteiger partial charge in [0.05, 0.1) is 28.7 Å². The predicted octanol–water partition coefficient (Wildman–Crippen LogP) is 1.87. The largest absolute Gasteiger partial charge is 0.391 e. The van der Waals surface area contributed by atoms with Gasteiger partial charge in [-0.1, -0.05) is 13.3 Å². The number of piperidine rings is 1. The molecule has 0 radical (unpaired) electrons. The quantitative estimate of drug-likeness (QED) is 0.920. The lowest BCUT2D eigenvalue weighted by Crippen LogP contribution is -2.49. The van der Waals surface area contributed by atoms with E-state index in [1.54, 1.807) is 0 Å². The van der Waals surface area contributed by atoms with E-state index in [9.17, 15) is 13.5 Å². The van der Waals surface area contributed by atoms with Crippen LogP contribution in [0.15, 0.2) is 29.2 Å². The second kappa shape index (κ2) is 6.56. The lowest BCUT2D eigenvalue weighted by molar-refractivity contribution is 0.0667. The van der Waals surface area contributed by atoms with Crippen LogP contribution in [-0.2, 0) is 10.0 Å². The number of sulfonamides is 1. The van der Waals surface area contributed by atoms with Crippen molar-refractivity contribution in [2.24, 2.45) is 0 Å². The molecule has 114 valence electrons. The first kappa shape index (κ1) is 16.0. The highest BCUT2D eigenvalue weighted by molar-refractivity contribution is 7.89. The molecule has 21 heavy (non-hydrogen) atoms. The van der Waals surface area contributed by atoms with Gasteiger partial charge in [0, 0.05) is 6.54 Å². The number of hydrogen-bond acceptors (Lipinski definition) is 4. The third kappa shape index (κ3) is 3.26. The molecule has 0 aromatic heterocycles. The molecule has 0 bridgehead atoms. The van der Waals surface area contributed by atoms with E-state index >= 15 is 0 Å². The molecule has 1 aromatic rings. The van der Waals surface area contributed by atoms with Crippen molar-refractivity contribution in [3.05, 3.63) is 29.8 Å². The molecule has 1 saturated heterocycles. The van der Waals surface area contributed by atoms with Gasteiger partial charge in [0.15, 0.2) is 0 Å². The van der Waals surface area contributed by atoms with E-state index in [1.165, 1.54) is 28.6 Å². The maximum atomic E-state index is 12.7. The normalized spacial score (nSPS) is 21.7. The topological polar surface area (TPSA) is 81.4 Å². The summed E-state index contributed by atoms with van der Waals surface area (Å²) in [5.41, 5.74) is 0.428. The fourth-order valence-corrected chi connectivity index (χ4v) is 4.45. The molecular formula is C15H20N2O3S. The summed E-state index contributed by atoms with van der Waals surface area (Å²) in [4.78, 5) is 0.178. The Morgan fingerprint density at radius 3 is 2.62 bits per heavy atom. The molecule has 2 unspecified atom stereocenters. The number of benzene rings is 1. The summed E-state index contributed by atoms with van der Waals surface area (Å²) >= 11 is 0. The Kier molecular flexibility index (Phi) is 4.99. The number of aliphatic hydroxyl groups excluding tert-OH is 1. The smallest absolute Gasteiger partial charge is 0.243 e. The number of rotatable bonds is 4. The average Bonchev–Trinajstić information content (AvgIpc) is 2.54. The molecule has 1 aromatic carbocycles. The summed E-state index contributed by atoms with van der Waals surface area (Å²) in [5, 5.41) is 18.9. The molecule has 1 heterocycles. The Hall–Kier alpha value is -1.42. The van der Waals surface area contributed by atoms with Crippen molar-refractivity contribution in [3.63, 3.8) is 0 Å². The average molecular weight is 308 g/mol. The van der Waals surface area contributed by atoms with Crippen molar-refractivity contribution >= 4 is 10.0 Å². The minimum Gasteiger partial charge on any atom is -0.391 e. The second-order valence-corrected chi connectivity index (χ2v) is 7.18. The number of hydrogen-bond donors (Lipinski definition) is 1. The first-order valence-electron chi connectivity index (χ1n) is 7.20. The Labute approximate surface area is 125 Å². The van der Waals surface area contributed by atoms with Crippen LogP contribution in [0.4, 0.5) is 0 Å². The fraction of sp³-hybridized carbons (Fsp3) is 0.533. The Morgan fingerprint density at radius 2 is 2.05 bits per heavy atom. The Balaban J connectivity index is 2.33. The van der Waals surface area contributed by atoms with E-state index < -0.39 is 16.1 Å². The van der Waals surface area contributed by atoms with Gasteiger partial charge in [0.1, 0.15) is 0 Å². The molecule has 0 spiro atoms. The minimum absolute atomic E-state index is 0.178. The summed E-state index contributed by atoms with van der Waals surface area (Å²) in [7, 11) is -3.63. The van der Waals surface area contributed by atoms with E-state index in [2.05, 4.69) is 0 Å². The van der Waals surface area contributed by atoms with Gasteiger partial charge in [-0.15, -0.1) is 0 Å². The monoisotopic (exact) mass is 308 g/mol. The molecular weight excluding hydrogens is 288 g/mol. The number of nitriles is 1. The van der Waals surface area contributed by atoms with Crippen LogP contribution >= 0.6 is 0 Å². The molecule has 1 aliphatic heterocycles. The maximum absolute atomic E-state index is 12.7. The highest BCUT2D eigenvalue weighted by atomic mass is 32.2. The lowest BCUT2D eigenvalue weighted by Gasteiger charge is -2.37. The zero-order chi connectivity index (χ0) is 15.5. The van der Waals surface area contributed by atoms with Crippen molar-refractivity contribution in [2.45, 2.75) is 49.6 Å².